The third-order valence-electron chi connectivity index (χ3n) is 11.8. The van der Waals surface area contributed by atoms with E-state index < -0.39 is 48.0 Å². The van der Waals surface area contributed by atoms with Crippen LogP contribution < -0.4 is 5.43 Å². The van der Waals surface area contributed by atoms with E-state index in [4.69, 9.17) is 37.6 Å². The summed E-state index contributed by atoms with van der Waals surface area (Å²) in [5.41, 5.74) is 2.10. The molecular formula is C42H62O11S2. The molecule has 3 aliphatic rings. The maximum atomic E-state index is 14.7. The van der Waals surface area contributed by atoms with Gasteiger partial charge in [0.15, 0.2) is 11.2 Å². The van der Waals surface area contributed by atoms with Crippen LogP contribution in [0.15, 0.2) is 39.5 Å². The summed E-state index contributed by atoms with van der Waals surface area (Å²) in [6.07, 6.45) is -1.34. The first-order chi connectivity index (χ1) is 26.5. The summed E-state index contributed by atoms with van der Waals surface area (Å²) in [6.45, 7) is 12.9. The lowest BCUT2D eigenvalue weighted by Gasteiger charge is -2.46. The minimum absolute atomic E-state index is 0.00806. The number of rotatable bonds is 19. The minimum Gasteiger partial charge on any atom is -0.465 e. The molecule has 308 valence electrons. The fraction of sp³-hybridized carbons (Fsp3) is 0.714. The Kier molecular flexibility index (Phi) is 16.7. The molecule has 55 heavy (non-hydrogen) atoms. The second-order valence-corrected chi connectivity index (χ2v) is 17.5. The number of methoxy groups -OCH3 is 2. The molecule has 2 aromatic rings. The van der Waals surface area contributed by atoms with Gasteiger partial charge in [0, 0.05) is 79.1 Å². The van der Waals surface area contributed by atoms with Gasteiger partial charge in [0.1, 0.15) is 30.9 Å². The van der Waals surface area contributed by atoms with E-state index in [9.17, 15) is 14.7 Å². The van der Waals surface area contributed by atoms with Crippen LogP contribution in [0.2, 0.25) is 0 Å². The van der Waals surface area contributed by atoms with E-state index in [-0.39, 0.29) is 42.6 Å². The van der Waals surface area contributed by atoms with E-state index in [0.717, 1.165) is 23.5 Å². The maximum Gasteiger partial charge on any atom is 0.191 e. The number of ketones is 1. The molecular weight excluding hydrogens is 745 g/mol. The van der Waals surface area contributed by atoms with Gasteiger partial charge in [-0.1, -0.05) is 58.0 Å². The molecule has 1 aromatic heterocycles. The number of aliphatic hydroxyl groups is 1. The first-order valence-electron chi connectivity index (χ1n) is 19.6. The summed E-state index contributed by atoms with van der Waals surface area (Å²) in [6, 6.07) is 9.89. The van der Waals surface area contributed by atoms with Crippen LogP contribution in [0.25, 0.3) is 0 Å². The average molecular weight is 807 g/mol. The molecule has 1 spiro atoms. The van der Waals surface area contributed by atoms with E-state index >= 15 is 0 Å². The van der Waals surface area contributed by atoms with Crippen molar-refractivity contribution in [3.8, 4) is 0 Å². The number of thioether (sulfide) groups is 2. The zero-order chi connectivity index (χ0) is 39.7. The lowest BCUT2D eigenvalue weighted by atomic mass is 9.74. The molecule has 1 aromatic carbocycles. The molecule has 4 heterocycles. The van der Waals surface area contributed by atoms with Crippen LogP contribution in [-0.4, -0.2) is 105 Å². The number of hydrogen-bond acceptors (Lipinski definition) is 13. The van der Waals surface area contributed by atoms with Crippen molar-refractivity contribution in [2.24, 2.45) is 29.6 Å². The fourth-order valence-corrected chi connectivity index (χ4v) is 11.4. The predicted molar refractivity (Wildman–Crippen MR) is 214 cm³/mol. The highest BCUT2D eigenvalue weighted by Gasteiger charge is 2.55. The van der Waals surface area contributed by atoms with Crippen LogP contribution in [0.4, 0.5) is 0 Å². The Hall–Kier alpha value is -1.78. The van der Waals surface area contributed by atoms with Crippen molar-refractivity contribution >= 4 is 29.3 Å². The molecule has 0 aliphatic carbocycles. The van der Waals surface area contributed by atoms with E-state index in [2.05, 4.69) is 0 Å². The van der Waals surface area contributed by atoms with Gasteiger partial charge in [-0.25, -0.2) is 0 Å². The lowest BCUT2D eigenvalue weighted by Crippen LogP contribution is -2.57. The highest BCUT2D eigenvalue weighted by atomic mass is 32.2. The van der Waals surface area contributed by atoms with Gasteiger partial charge in [-0.15, -0.1) is 0 Å². The van der Waals surface area contributed by atoms with Crippen molar-refractivity contribution in [1.82, 2.24) is 0 Å². The predicted octanol–water partition coefficient (Wildman–Crippen LogP) is 6.16. The van der Waals surface area contributed by atoms with Gasteiger partial charge in [-0.3, -0.25) is 9.59 Å². The number of carbonyl (C=O) groups is 1. The Labute approximate surface area is 335 Å². The Morgan fingerprint density at radius 3 is 2.20 bits per heavy atom. The monoisotopic (exact) mass is 806 g/mol. The molecule has 3 saturated heterocycles. The number of benzene rings is 1. The number of carbonyl (C=O) groups excluding carboxylic acids is 1. The summed E-state index contributed by atoms with van der Waals surface area (Å²) >= 11 is 3.48. The highest BCUT2D eigenvalue weighted by molar-refractivity contribution is 7.99. The quantitative estimate of drug-likeness (QED) is 0.163. The largest absolute Gasteiger partial charge is 0.465 e. The second kappa shape index (κ2) is 20.8. The Morgan fingerprint density at radius 1 is 0.855 bits per heavy atom. The summed E-state index contributed by atoms with van der Waals surface area (Å²) in [7, 11) is 3.15. The lowest BCUT2D eigenvalue weighted by molar-refractivity contribution is -0.234. The van der Waals surface area contributed by atoms with Crippen molar-refractivity contribution in [3.63, 3.8) is 0 Å². The van der Waals surface area contributed by atoms with Crippen molar-refractivity contribution in [3.05, 3.63) is 68.8 Å². The molecule has 5 rings (SSSR count). The van der Waals surface area contributed by atoms with Crippen LogP contribution >= 0.6 is 23.5 Å². The van der Waals surface area contributed by atoms with Gasteiger partial charge in [-0.05, 0) is 25.2 Å². The molecule has 0 saturated carbocycles. The van der Waals surface area contributed by atoms with Crippen LogP contribution in [0.5, 0.6) is 0 Å². The summed E-state index contributed by atoms with van der Waals surface area (Å²) in [5, 5.41) is 12.4. The average Bonchev–Trinajstić information content (AvgIpc) is 3.66. The fourth-order valence-electron chi connectivity index (χ4n) is 8.78. The third kappa shape index (κ3) is 10.1. The van der Waals surface area contributed by atoms with Crippen LogP contribution in [0.1, 0.15) is 68.2 Å². The first-order valence-corrected chi connectivity index (χ1v) is 21.9. The normalized spacial score (nSPS) is 25.3. The number of aliphatic hydroxyl groups excluding tert-OH is 1. The standard InChI is InChI=1S/C42H62O11S2/c1-9-34-25(2)35(43)26(3)40(53-34)29(6)39(49-23-46-7)28(5)38(48-19-30-13-11-10-12-14-30)27(4)36(44)31-20-55-21-32(37(31)45)41(50-24-47-8)33-22-54-18-15-42(33)51-16-17-52-42/h10-14,27-29,31-33,36,38-39,41,44H,9,15-24H2,1-8H3/t27-,28-,29+,31+,32-,33+,36-,38-,39+,41-/m1/s1. The van der Waals surface area contributed by atoms with Gasteiger partial charge in [0.05, 0.1) is 56.1 Å². The molecule has 10 atom stereocenters. The molecule has 13 heteroatoms. The smallest absolute Gasteiger partial charge is 0.191 e. The molecule has 1 N–H and O–H groups in total. The second-order valence-electron chi connectivity index (χ2n) is 15.2. The SMILES string of the molecule is CCc1oc([C@@H](C)[C@@H](OCOC)[C@H](C)[C@H](OCc2ccccc2)[C@H](C)[C@@H](O)[C@@H]2CSC[C@@H]([C@@H](OCOC)[C@@H]3CSCCC34OCCO4)C2=O)c(C)c(=O)c1C. The number of ether oxygens (including phenoxy) is 7. The van der Waals surface area contributed by atoms with Gasteiger partial charge in [0.2, 0.25) is 0 Å². The van der Waals surface area contributed by atoms with E-state index in [0.29, 0.717) is 60.4 Å². The van der Waals surface area contributed by atoms with Crippen molar-refractivity contribution in [1.29, 1.82) is 0 Å². The molecule has 11 nitrogen and oxygen atoms in total. The van der Waals surface area contributed by atoms with Crippen LogP contribution in [0.3, 0.4) is 0 Å². The minimum atomic E-state index is -1.04. The molecule has 0 amide bonds. The molecule has 0 unspecified atom stereocenters. The maximum absolute atomic E-state index is 14.7. The van der Waals surface area contributed by atoms with Gasteiger partial charge >= 0.3 is 0 Å². The Balaban J connectivity index is 1.45. The molecule has 3 fully saturated rings. The number of Topliss-reactive ketones (excluding diaryl/α,β-unsaturated/α-hetero) is 1. The van der Waals surface area contributed by atoms with E-state index in [1.807, 2.05) is 69.8 Å². The van der Waals surface area contributed by atoms with Crippen LogP contribution in [0, 0.1) is 43.4 Å². The topological polar surface area (TPSA) is 132 Å². The summed E-state index contributed by atoms with van der Waals surface area (Å²) in [4.78, 5) is 28.0. The van der Waals surface area contributed by atoms with Gasteiger partial charge in [0.25, 0.3) is 0 Å². The van der Waals surface area contributed by atoms with Crippen molar-refractivity contribution in [2.45, 2.75) is 97.1 Å². The molecule has 0 radical (unpaired) electrons. The van der Waals surface area contributed by atoms with Crippen molar-refractivity contribution < 1.29 is 47.5 Å². The summed E-state index contributed by atoms with van der Waals surface area (Å²) in [5.74, 6) is 0.539. The van der Waals surface area contributed by atoms with E-state index in [1.54, 1.807) is 39.8 Å². The van der Waals surface area contributed by atoms with Gasteiger partial charge < -0.3 is 42.7 Å². The van der Waals surface area contributed by atoms with Crippen LogP contribution in [-0.2, 0) is 51.0 Å². The zero-order valence-corrected chi connectivity index (χ0v) is 35.4. The molecule has 3 aliphatic heterocycles. The zero-order valence-electron chi connectivity index (χ0n) is 33.8. The first kappa shape index (κ1) is 44.3. The molecule has 0 bridgehead atoms. The Morgan fingerprint density at radius 2 is 1.53 bits per heavy atom. The number of hydrogen-bond donors (Lipinski definition) is 1. The highest BCUT2D eigenvalue weighted by Crippen LogP contribution is 2.46. The van der Waals surface area contributed by atoms with E-state index in [1.165, 1.54) is 0 Å². The summed E-state index contributed by atoms with van der Waals surface area (Å²) < 4.78 is 49.3. The van der Waals surface area contributed by atoms with Gasteiger partial charge in [-0.2, -0.15) is 23.5 Å². The number of aryl methyl sites for hydroxylation is 1. The third-order valence-corrected chi connectivity index (χ3v) is 14.1. The van der Waals surface area contributed by atoms with Crippen molar-refractivity contribution in [2.75, 3.05) is 64.0 Å². The Bertz CT molecular complexity index is 1560.